The number of alkyl halides is 3. The van der Waals surface area contributed by atoms with Crippen LogP contribution in [-0.2, 0) is 36.8 Å². The van der Waals surface area contributed by atoms with Gasteiger partial charge in [-0.25, -0.2) is 0 Å². The van der Waals surface area contributed by atoms with E-state index in [0.717, 1.165) is 78.7 Å². The van der Waals surface area contributed by atoms with E-state index in [9.17, 15) is 18.4 Å². The molecule has 0 radical (unpaired) electrons. The highest BCUT2D eigenvalue weighted by Gasteiger charge is 2.59. The first-order chi connectivity index (χ1) is 21.6. The van der Waals surface area contributed by atoms with Crippen molar-refractivity contribution in [3.05, 3.63) is 63.5 Å². The monoisotopic (exact) mass is 660 g/mol. The Bertz CT molecular complexity index is 1470. The summed E-state index contributed by atoms with van der Waals surface area (Å²) in [6.45, 7) is 13.6. The third kappa shape index (κ3) is 5.34. The van der Waals surface area contributed by atoms with E-state index in [1.807, 2.05) is 0 Å². The molecule has 0 amide bonds. The molecular weight excluding hydrogens is 611 g/mol. The normalized spacial score (nSPS) is 26.2. The number of pyridine rings is 1. The first kappa shape index (κ1) is 32.6. The van der Waals surface area contributed by atoms with E-state index in [0.29, 0.717) is 44.8 Å². The third-order valence-electron chi connectivity index (χ3n) is 12.3. The molecule has 2 unspecified atom stereocenters. The van der Waals surface area contributed by atoms with Crippen molar-refractivity contribution >= 4 is 8.32 Å². The molecule has 3 fully saturated rings. The van der Waals surface area contributed by atoms with Gasteiger partial charge in [0.25, 0.3) is 0 Å². The summed E-state index contributed by atoms with van der Waals surface area (Å²) in [7, 11) is -2.25. The van der Waals surface area contributed by atoms with Crippen molar-refractivity contribution in [2.75, 3.05) is 26.4 Å². The quantitative estimate of drug-likeness (QED) is 0.203. The molecule has 6 nitrogen and oxygen atoms in total. The van der Waals surface area contributed by atoms with Gasteiger partial charge < -0.3 is 18.6 Å². The molecule has 2 aromatic rings. The fourth-order valence-electron chi connectivity index (χ4n) is 8.54. The van der Waals surface area contributed by atoms with Crippen LogP contribution >= 0.6 is 0 Å². The summed E-state index contributed by atoms with van der Waals surface area (Å²) < 4.78 is 68.6. The second kappa shape index (κ2) is 11.3. The fraction of sp³-hybridized carbons (Fsp3) is 0.694. The zero-order valence-electron chi connectivity index (χ0n) is 27.9. The SMILES string of the molecule is CC(C)(C)[Si](C)(C)OC1CC2(CCC2)Cc2c1c1c(c(C3CCOCC3)[n+]2O)C(c2ccc(C(F)(F)F)cc2)OC12CCOCC2. The van der Waals surface area contributed by atoms with Crippen molar-refractivity contribution in [1.82, 2.24) is 0 Å². The van der Waals surface area contributed by atoms with Gasteiger partial charge in [0.05, 0.1) is 34.3 Å². The lowest BCUT2D eigenvalue weighted by Crippen LogP contribution is -2.53. The maximum absolute atomic E-state index is 13.6. The van der Waals surface area contributed by atoms with Gasteiger partial charge in [-0.15, -0.1) is 0 Å². The lowest BCUT2D eigenvalue weighted by atomic mass is 9.58. The molecule has 1 saturated carbocycles. The molecule has 3 aliphatic heterocycles. The second-order valence-electron chi connectivity index (χ2n) is 16.1. The van der Waals surface area contributed by atoms with Crippen molar-refractivity contribution in [1.29, 1.82) is 0 Å². The van der Waals surface area contributed by atoms with Crippen LogP contribution in [0, 0.1) is 5.41 Å². The maximum atomic E-state index is 13.6. The number of benzene rings is 1. The lowest BCUT2D eigenvalue weighted by molar-refractivity contribution is -0.916. The standard InChI is InChI=1S/C36H49F3NO5Si/c1-33(2,3)46(4,5)45-27-22-34(13-6-14-34)21-26-28(27)30-29(31(40(26)41)23-11-17-42-18-12-23)32(44-35(30)15-19-43-20-16-35)24-7-9-25(10-8-24)36(37,38)39/h7-10,23,27,32,41H,6,11-22H2,1-5H3/q+1. The van der Waals surface area contributed by atoms with E-state index in [4.69, 9.17) is 18.6 Å². The zero-order chi connectivity index (χ0) is 32.7. The molecule has 2 atom stereocenters. The summed E-state index contributed by atoms with van der Waals surface area (Å²) in [6, 6.07) is 5.40. The Balaban J connectivity index is 1.49. The van der Waals surface area contributed by atoms with Gasteiger partial charge in [-0.1, -0.05) is 39.3 Å². The molecule has 1 aromatic carbocycles. The molecule has 0 bridgehead atoms. The second-order valence-corrected chi connectivity index (χ2v) is 20.8. The lowest BCUT2D eigenvalue weighted by Gasteiger charge is -2.50. The van der Waals surface area contributed by atoms with Crippen LogP contribution < -0.4 is 4.73 Å². The molecule has 2 spiro atoms. The van der Waals surface area contributed by atoms with E-state index in [1.54, 1.807) is 12.1 Å². The van der Waals surface area contributed by atoms with Crippen LogP contribution in [0.3, 0.4) is 0 Å². The Morgan fingerprint density at radius 2 is 1.54 bits per heavy atom. The summed E-state index contributed by atoms with van der Waals surface area (Å²) in [6.07, 6.45) is 2.69. The highest BCUT2D eigenvalue weighted by Crippen LogP contribution is 2.61. The Labute approximate surface area is 271 Å². The van der Waals surface area contributed by atoms with Gasteiger partial charge in [0.15, 0.2) is 8.32 Å². The van der Waals surface area contributed by atoms with Crippen LogP contribution in [0.25, 0.3) is 0 Å². The largest absolute Gasteiger partial charge is 0.416 e. The molecular formula is C36H49F3NO5Si+. The predicted molar refractivity (Wildman–Crippen MR) is 168 cm³/mol. The molecule has 252 valence electrons. The maximum Gasteiger partial charge on any atom is 0.416 e. The topological polar surface area (TPSA) is 61.0 Å². The predicted octanol–water partition coefficient (Wildman–Crippen LogP) is 8.43. The van der Waals surface area contributed by atoms with E-state index in [1.165, 1.54) is 11.2 Å². The summed E-state index contributed by atoms with van der Waals surface area (Å²) in [5.41, 5.74) is 4.27. The first-order valence-corrected chi connectivity index (χ1v) is 20.1. The smallest absolute Gasteiger partial charge is 0.410 e. The minimum Gasteiger partial charge on any atom is -0.410 e. The highest BCUT2D eigenvalue weighted by molar-refractivity contribution is 6.74. The first-order valence-electron chi connectivity index (χ1n) is 17.2. The van der Waals surface area contributed by atoms with Gasteiger partial charge in [0, 0.05) is 56.0 Å². The molecule has 10 heteroatoms. The number of hydrogen-bond acceptors (Lipinski definition) is 5. The Kier molecular flexibility index (Phi) is 7.99. The van der Waals surface area contributed by atoms with Crippen LogP contribution in [0.5, 0.6) is 0 Å². The van der Waals surface area contributed by atoms with Crippen molar-refractivity contribution in [2.45, 2.75) is 127 Å². The van der Waals surface area contributed by atoms with Crippen molar-refractivity contribution in [2.24, 2.45) is 5.41 Å². The number of halogens is 3. The van der Waals surface area contributed by atoms with Crippen LogP contribution in [0.15, 0.2) is 24.3 Å². The number of ether oxygens (including phenoxy) is 3. The fourth-order valence-corrected chi connectivity index (χ4v) is 9.80. The van der Waals surface area contributed by atoms with Gasteiger partial charge in [-0.05, 0) is 73.3 Å². The number of rotatable bonds is 4. The van der Waals surface area contributed by atoms with Crippen LogP contribution in [-0.4, -0.2) is 40.0 Å². The third-order valence-corrected chi connectivity index (χ3v) is 16.7. The minimum absolute atomic E-state index is 0.00653. The Morgan fingerprint density at radius 3 is 2.11 bits per heavy atom. The van der Waals surface area contributed by atoms with Crippen molar-refractivity contribution in [3.63, 3.8) is 0 Å². The Hall–Kier alpha value is -1.98. The summed E-state index contributed by atoms with van der Waals surface area (Å²) in [5.74, 6) is 0.0346. The molecule has 46 heavy (non-hydrogen) atoms. The van der Waals surface area contributed by atoms with E-state index >= 15 is 0 Å². The van der Waals surface area contributed by atoms with Crippen LogP contribution in [0.2, 0.25) is 18.1 Å². The summed E-state index contributed by atoms with van der Waals surface area (Å²) in [5, 5.41) is 12.5. The van der Waals surface area contributed by atoms with Gasteiger partial charge in [0.1, 0.15) is 6.10 Å². The average molecular weight is 661 g/mol. The van der Waals surface area contributed by atoms with Crippen LogP contribution in [0.1, 0.15) is 129 Å². The number of nitrogens with zero attached hydrogens (tertiary/aromatic N) is 1. The van der Waals surface area contributed by atoms with E-state index in [-0.39, 0.29) is 22.5 Å². The van der Waals surface area contributed by atoms with Crippen molar-refractivity contribution in [3.8, 4) is 0 Å². The molecule has 2 aliphatic carbocycles. The highest BCUT2D eigenvalue weighted by atomic mass is 28.4. The summed E-state index contributed by atoms with van der Waals surface area (Å²) >= 11 is 0. The molecule has 4 heterocycles. The van der Waals surface area contributed by atoms with Gasteiger partial charge in [0.2, 0.25) is 11.4 Å². The molecule has 7 rings (SSSR count). The molecule has 2 saturated heterocycles. The number of aromatic nitrogens is 1. The van der Waals surface area contributed by atoms with Crippen molar-refractivity contribution < 1.29 is 41.7 Å². The van der Waals surface area contributed by atoms with E-state index < -0.39 is 31.8 Å². The zero-order valence-corrected chi connectivity index (χ0v) is 28.9. The number of hydrogen-bond donors (Lipinski definition) is 1. The van der Waals surface area contributed by atoms with Gasteiger partial charge in [-0.2, -0.15) is 13.2 Å². The molecule has 5 aliphatic rings. The number of fused-ring (bicyclic) bond motifs is 4. The van der Waals surface area contributed by atoms with Gasteiger partial charge >= 0.3 is 6.18 Å². The minimum atomic E-state index is -4.43. The summed E-state index contributed by atoms with van der Waals surface area (Å²) in [4.78, 5) is 0. The molecule has 1 aromatic heterocycles. The van der Waals surface area contributed by atoms with E-state index in [2.05, 4.69) is 33.9 Å². The average Bonchev–Trinajstić information content (AvgIpc) is 3.29. The van der Waals surface area contributed by atoms with Gasteiger partial charge in [-0.3, -0.25) is 5.21 Å². The van der Waals surface area contributed by atoms with Crippen LogP contribution in [0.4, 0.5) is 13.2 Å². The Morgan fingerprint density at radius 1 is 0.913 bits per heavy atom. The molecule has 1 N–H and O–H groups in total.